The summed E-state index contributed by atoms with van der Waals surface area (Å²) >= 11 is 0. The van der Waals surface area contributed by atoms with Crippen molar-refractivity contribution < 1.29 is 39.4 Å². The van der Waals surface area contributed by atoms with Crippen molar-refractivity contribution in [2.24, 2.45) is 5.73 Å². The Morgan fingerprint density at radius 2 is 2.08 bits per heavy atom. The van der Waals surface area contributed by atoms with Gasteiger partial charge in [-0.3, -0.25) is 9.78 Å². The molecule has 10 nitrogen and oxygen atoms in total. The Hall–Kier alpha value is -4.33. The standard InChI is InChI=1S/C25H24F4N8O2/c1-39-19-7-15(26)14(6-16(19)27)17-5-13(9-37-12-35-20-23(30)33-11-34-24(20)37)18(8-32-17)36-4-2-3-25(31,10-36)21(38)22(28)29/h5-8,11-12,22H,2-4,9-10,31H2,1H3,(H2,30,33,34)/i1D3,4D2,9D2,10D2. The molecular weight excluding hydrogens is 520 g/mol. The second kappa shape index (κ2) is 10.1. The molecule has 0 bridgehead atoms. The number of aromatic nitrogens is 5. The van der Waals surface area contributed by atoms with Gasteiger partial charge in [-0.25, -0.2) is 32.5 Å². The van der Waals surface area contributed by atoms with Gasteiger partial charge in [0.2, 0.25) is 5.78 Å². The highest BCUT2D eigenvalue weighted by Crippen LogP contribution is 2.34. The largest absolute Gasteiger partial charge is 0.494 e. The molecule has 1 aliphatic heterocycles. The molecule has 0 aliphatic carbocycles. The van der Waals surface area contributed by atoms with E-state index < -0.39 is 97.0 Å². The lowest BCUT2D eigenvalue weighted by Gasteiger charge is -2.40. The molecule has 1 aromatic carbocycles. The molecule has 4 N–H and O–H groups in total. The lowest BCUT2D eigenvalue weighted by molar-refractivity contribution is -0.135. The van der Waals surface area contributed by atoms with E-state index in [4.69, 9.17) is 23.8 Å². The number of rotatable bonds is 7. The molecule has 14 heteroatoms. The maximum Gasteiger partial charge on any atom is 0.297 e. The summed E-state index contributed by atoms with van der Waals surface area (Å²) in [4.78, 5) is 28.5. The number of methoxy groups -OCH3 is 1. The molecule has 39 heavy (non-hydrogen) atoms. The summed E-state index contributed by atoms with van der Waals surface area (Å²) in [5, 5.41) is 0. The minimum Gasteiger partial charge on any atom is -0.494 e. The molecular formula is C25H24F4N8O2. The first-order chi connectivity index (χ1) is 22.0. The Morgan fingerprint density at radius 1 is 1.26 bits per heavy atom. The molecule has 0 amide bonds. The van der Waals surface area contributed by atoms with Gasteiger partial charge in [0.25, 0.3) is 6.43 Å². The van der Waals surface area contributed by atoms with Crippen LogP contribution in [0, 0.1) is 11.6 Å². The van der Waals surface area contributed by atoms with Crippen molar-refractivity contribution in [3.8, 4) is 17.0 Å². The van der Waals surface area contributed by atoms with Crippen LogP contribution in [-0.2, 0) is 11.3 Å². The SMILES string of the molecule is [2H]C([2H])([2H])Oc1cc(F)c(-c2cc(C([2H])([2H])n3cnc4c(N)ncnc43)c(N3C([2H])([2H])CCC(N)(C(=O)C(F)F)C3([2H])[2H])cn2)cc1F. The summed E-state index contributed by atoms with van der Waals surface area (Å²) in [6.45, 7) is -9.26. The topological polar surface area (TPSA) is 138 Å². The van der Waals surface area contributed by atoms with E-state index in [1.165, 1.54) is 0 Å². The zero-order valence-electron chi connectivity index (χ0n) is 28.6. The predicted molar refractivity (Wildman–Crippen MR) is 134 cm³/mol. The first-order valence-electron chi connectivity index (χ1n) is 15.6. The highest BCUT2D eigenvalue weighted by molar-refractivity contribution is 5.92. The third-order valence-corrected chi connectivity index (χ3v) is 5.87. The number of hydrogen-bond donors (Lipinski definition) is 2. The smallest absolute Gasteiger partial charge is 0.297 e. The highest BCUT2D eigenvalue weighted by atomic mass is 19.3. The van der Waals surface area contributed by atoms with Crippen LogP contribution in [0.15, 0.2) is 37.1 Å². The van der Waals surface area contributed by atoms with Crippen LogP contribution in [0.2, 0.25) is 0 Å². The number of halogens is 4. The Balaban J connectivity index is 1.79. The monoisotopic (exact) mass is 553 g/mol. The van der Waals surface area contributed by atoms with Gasteiger partial charge in [0, 0.05) is 27.4 Å². The summed E-state index contributed by atoms with van der Waals surface area (Å²) in [5.74, 6) is -5.82. The Bertz CT molecular complexity index is 1930. The predicted octanol–water partition coefficient (Wildman–Crippen LogP) is 2.94. The number of pyridine rings is 1. The van der Waals surface area contributed by atoms with E-state index in [-0.39, 0.29) is 21.9 Å². The number of hydrogen-bond acceptors (Lipinski definition) is 9. The minimum absolute atomic E-state index is 0.0812. The van der Waals surface area contributed by atoms with E-state index in [1.54, 1.807) is 0 Å². The number of nitrogen functional groups attached to an aromatic ring is 1. The summed E-state index contributed by atoms with van der Waals surface area (Å²) < 4.78 is 137. The third-order valence-electron chi connectivity index (χ3n) is 5.87. The van der Waals surface area contributed by atoms with E-state index in [9.17, 15) is 18.0 Å². The third kappa shape index (κ3) is 4.82. The van der Waals surface area contributed by atoms with E-state index in [1.807, 2.05) is 0 Å². The fraction of sp³-hybridized carbons (Fsp3) is 0.320. The number of nitrogens with two attached hydrogens (primary N) is 2. The molecule has 3 aromatic heterocycles. The van der Waals surface area contributed by atoms with Gasteiger partial charge in [0.05, 0.1) is 52.6 Å². The number of fused-ring (bicyclic) bond motifs is 1. The van der Waals surface area contributed by atoms with Gasteiger partial charge in [0.1, 0.15) is 17.7 Å². The molecule has 1 saturated heterocycles. The van der Waals surface area contributed by atoms with Crippen LogP contribution < -0.4 is 21.1 Å². The molecule has 204 valence electrons. The summed E-state index contributed by atoms with van der Waals surface area (Å²) in [6, 6.07) is 1.70. The molecule has 0 radical (unpaired) electrons. The molecule has 1 atom stereocenters. The number of benzene rings is 1. The second-order valence-electron chi connectivity index (χ2n) is 8.35. The zero-order chi connectivity index (χ0) is 35.8. The number of carbonyl (C=O) groups excluding carboxylic acids is 1. The Kier molecular flexibility index (Phi) is 4.48. The van der Waals surface area contributed by atoms with E-state index in [0.717, 1.165) is 23.3 Å². The lowest BCUT2D eigenvalue weighted by Crippen LogP contribution is -2.61. The van der Waals surface area contributed by atoms with Crippen molar-refractivity contribution in [3.05, 3.63) is 54.2 Å². The van der Waals surface area contributed by atoms with Crippen molar-refractivity contribution in [3.63, 3.8) is 0 Å². The number of nitrogens with zero attached hydrogens (tertiary/aromatic N) is 6. The zero-order valence-corrected chi connectivity index (χ0v) is 19.6. The van der Waals surface area contributed by atoms with Crippen molar-refractivity contribution in [2.45, 2.75) is 31.3 Å². The maximum absolute atomic E-state index is 15.3. The van der Waals surface area contributed by atoms with Crippen LogP contribution in [0.1, 0.15) is 30.7 Å². The van der Waals surface area contributed by atoms with Gasteiger partial charge < -0.3 is 25.7 Å². The first kappa shape index (κ1) is 17.3. The molecule has 1 aliphatic rings. The number of ketones is 1. The number of imidazole rings is 1. The number of Topliss-reactive ketones (excluding diaryl/α,β-unsaturated/α-hetero) is 1. The average Bonchev–Trinajstić information content (AvgIpc) is 3.42. The van der Waals surface area contributed by atoms with Crippen molar-refractivity contribution >= 4 is 28.5 Å². The lowest BCUT2D eigenvalue weighted by atomic mass is 9.85. The molecule has 4 aromatic rings. The highest BCUT2D eigenvalue weighted by Gasteiger charge is 2.43. The van der Waals surface area contributed by atoms with Crippen LogP contribution in [0.4, 0.5) is 29.1 Å². The molecule has 1 unspecified atom stereocenters. The maximum atomic E-state index is 15.3. The van der Waals surface area contributed by atoms with Gasteiger partial charge >= 0.3 is 0 Å². The first-order valence-corrected chi connectivity index (χ1v) is 11.1. The fourth-order valence-corrected chi connectivity index (χ4v) is 3.91. The van der Waals surface area contributed by atoms with Crippen LogP contribution in [-0.4, -0.2) is 62.3 Å². The van der Waals surface area contributed by atoms with Gasteiger partial charge in [0.15, 0.2) is 23.0 Å². The number of alkyl halides is 2. The van der Waals surface area contributed by atoms with Crippen LogP contribution in [0.5, 0.6) is 5.75 Å². The van der Waals surface area contributed by atoms with E-state index >= 15 is 4.39 Å². The van der Waals surface area contributed by atoms with Gasteiger partial charge in [-0.1, -0.05) is 0 Å². The van der Waals surface area contributed by atoms with Crippen molar-refractivity contribution in [1.29, 1.82) is 0 Å². The van der Waals surface area contributed by atoms with Crippen molar-refractivity contribution in [1.82, 2.24) is 24.5 Å². The van der Waals surface area contributed by atoms with Crippen LogP contribution in [0.3, 0.4) is 0 Å². The Labute approximate surface area is 232 Å². The number of ether oxygens (including phenoxy) is 1. The van der Waals surface area contributed by atoms with Gasteiger partial charge in [-0.05, 0) is 30.5 Å². The van der Waals surface area contributed by atoms with Crippen molar-refractivity contribution in [2.75, 3.05) is 30.7 Å². The minimum atomic E-state index is -3.75. The normalized spacial score (nSPS) is 24.4. The summed E-state index contributed by atoms with van der Waals surface area (Å²) in [5.41, 5.74) is 5.82. The van der Waals surface area contributed by atoms with Gasteiger partial charge in [-0.15, -0.1) is 0 Å². The van der Waals surface area contributed by atoms with E-state index in [2.05, 4.69) is 24.7 Å². The molecule has 5 rings (SSSR count). The fourth-order valence-electron chi connectivity index (χ4n) is 3.91. The van der Waals surface area contributed by atoms with Crippen LogP contribution >= 0.6 is 0 Å². The second-order valence-corrected chi connectivity index (χ2v) is 8.35. The molecule has 1 fully saturated rings. The van der Waals surface area contributed by atoms with E-state index in [0.29, 0.717) is 18.3 Å². The quantitative estimate of drug-likeness (QED) is 0.331. The molecule has 0 saturated carbocycles. The number of anilines is 2. The Morgan fingerprint density at radius 3 is 2.85 bits per heavy atom. The number of piperidine rings is 1. The average molecular weight is 554 g/mol. The molecule has 4 heterocycles. The van der Waals surface area contributed by atoms with Gasteiger partial charge in [-0.2, -0.15) is 0 Å². The number of carbonyl (C=O) groups is 1. The molecule has 0 spiro atoms. The summed E-state index contributed by atoms with van der Waals surface area (Å²) in [7, 11) is -3.14. The summed E-state index contributed by atoms with van der Waals surface area (Å²) in [6.07, 6.45) is -2.82. The van der Waals surface area contributed by atoms with Crippen LogP contribution in [0.25, 0.3) is 22.4 Å².